The van der Waals surface area contributed by atoms with Gasteiger partial charge in [-0.1, -0.05) is 0 Å². The van der Waals surface area contributed by atoms with Gasteiger partial charge in [-0.3, -0.25) is 4.55 Å². The lowest BCUT2D eigenvalue weighted by Crippen LogP contribution is -2.44. The lowest BCUT2D eigenvalue weighted by Gasteiger charge is -2.11. The van der Waals surface area contributed by atoms with Crippen LogP contribution in [-0.2, 0) is 14.6 Å². The van der Waals surface area contributed by atoms with E-state index in [1.165, 1.54) is 0 Å². The molecule has 0 saturated carbocycles. The lowest BCUT2D eigenvalue weighted by molar-refractivity contribution is 0.0412. The summed E-state index contributed by atoms with van der Waals surface area (Å²) in [5.74, 6) is 0. The molecular weight excluding hydrogens is 164 g/mol. The van der Waals surface area contributed by atoms with Crippen LogP contribution < -0.4 is 11.5 Å². The maximum atomic E-state index is 9.83. The molecule has 10 heavy (non-hydrogen) atoms. The standard InChI is InChI=1S/C2H8N2O5S/c3-1(5)2(4)9-10(6,7)8/h1-2,5H,3-4H2,(H,6,7,8). The van der Waals surface area contributed by atoms with E-state index in [1.807, 2.05) is 0 Å². The van der Waals surface area contributed by atoms with Crippen LogP contribution in [0.5, 0.6) is 0 Å². The summed E-state index contributed by atoms with van der Waals surface area (Å²) >= 11 is 0. The summed E-state index contributed by atoms with van der Waals surface area (Å²) < 4.78 is 31.2. The van der Waals surface area contributed by atoms with E-state index in [1.54, 1.807) is 0 Å². The molecule has 0 fully saturated rings. The van der Waals surface area contributed by atoms with E-state index in [-0.39, 0.29) is 0 Å². The molecular formula is C2H8N2O5S. The molecule has 7 nitrogen and oxygen atoms in total. The number of rotatable bonds is 3. The SMILES string of the molecule is NC(O)C(N)OS(=O)(=O)O. The Kier molecular flexibility index (Phi) is 3.15. The van der Waals surface area contributed by atoms with E-state index < -0.39 is 22.9 Å². The second kappa shape index (κ2) is 3.23. The summed E-state index contributed by atoms with van der Waals surface area (Å²) in [5.41, 5.74) is 9.44. The molecule has 0 amide bonds. The molecule has 0 aliphatic heterocycles. The number of hydrogen-bond acceptors (Lipinski definition) is 6. The average molecular weight is 172 g/mol. The number of aliphatic hydroxyl groups excluding tert-OH is 1. The first-order chi connectivity index (χ1) is 4.33. The molecule has 0 aromatic rings. The Morgan fingerprint density at radius 3 is 1.90 bits per heavy atom. The molecule has 0 aliphatic rings. The Hall–Kier alpha value is -0.250. The monoisotopic (exact) mass is 172 g/mol. The third-order valence-corrected chi connectivity index (χ3v) is 1.03. The van der Waals surface area contributed by atoms with Crippen molar-refractivity contribution < 1.29 is 22.3 Å². The van der Waals surface area contributed by atoms with E-state index in [4.69, 9.17) is 15.4 Å². The maximum absolute atomic E-state index is 9.83. The van der Waals surface area contributed by atoms with Gasteiger partial charge >= 0.3 is 10.4 Å². The molecule has 6 N–H and O–H groups in total. The summed E-state index contributed by atoms with van der Waals surface area (Å²) in [5, 5.41) is 8.34. The Morgan fingerprint density at radius 1 is 1.40 bits per heavy atom. The maximum Gasteiger partial charge on any atom is 0.399 e. The number of hydrogen-bond donors (Lipinski definition) is 4. The predicted molar refractivity (Wildman–Crippen MR) is 30.8 cm³/mol. The van der Waals surface area contributed by atoms with Crippen LogP contribution in [0.3, 0.4) is 0 Å². The fraction of sp³-hybridized carbons (Fsp3) is 1.00. The van der Waals surface area contributed by atoms with Gasteiger partial charge in [-0.15, -0.1) is 0 Å². The van der Waals surface area contributed by atoms with Crippen LogP contribution in [0.15, 0.2) is 0 Å². The third-order valence-electron chi connectivity index (χ3n) is 0.569. The molecule has 2 unspecified atom stereocenters. The molecule has 0 saturated heterocycles. The Bertz CT molecular complexity index is 186. The molecule has 8 heteroatoms. The zero-order valence-corrected chi connectivity index (χ0v) is 5.65. The van der Waals surface area contributed by atoms with Crippen LogP contribution in [0, 0.1) is 0 Å². The Balaban J connectivity index is 3.93. The van der Waals surface area contributed by atoms with E-state index >= 15 is 0 Å². The highest BCUT2D eigenvalue weighted by Gasteiger charge is 2.17. The molecule has 0 aliphatic carbocycles. The third kappa shape index (κ3) is 4.61. The molecule has 62 valence electrons. The van der Waals surface area contributed by atoms with Gasteiger partial charge in [-0.25, -0.2) is 4.18 Å². The van der Waals surface area contributed by atoms with Crippen LogP contribution in [0.25, 0.3) is 0 Å². The van der Waals surface area contributed by atoms with Crippen molar-refractivity contribution in [3.8, 4) is 0 Å². The lowest BCUT2D eigenvalue weighted by atomic mass is 10.5. The van der Waals surface area contributed by atoms with Crippen LogP contribution in [-0.4, -0.2) is 30.5 Å². The average Bonchev–Trinajstić information content (AvgIpc) is 1.60. The van der Waals surface area contributed by atoms with E-state index in [0.29, 0.717) is 0 Å². The smallest absolute Gasteiger partial charge is 0.375 e. The molecule has 2 atom stereocenters. The minimum Gasteiger partial charge on any atom is -0.375 e. The molecule has 0 rings (SSSR count). The topological polar surface area (TPSA) is 136 Å². The van der Waals surface area contributed by atoms with E-state index in [9.17, 15) is 8.42 Å². The van der Waals surface area contributed by atoms with Crippen molar-refractivity contribution in [2.45, 2.75) is 12.5 Å². The van der Waals surface area contributed by atoms with Crippen LogP contribution in [0.1, 0.15) is 0 Å². The molecule has 0 aromatic heterocycles. The van der Waals surface area contributed by atoms with Gasteiger partial charge in [0.1, 0.15) is 6.23 Å². The van der Waals surface area contributed by atoms with Crippen LogP contribution in [0.4, 0.5) is 0 Å². The van der Waals surface area contributed by atoms with Crippen molar-refractivity contribution in [1.29, 1.82) is 0 Å². The van der Waals surface area contributed by atoms with Crippen LogP contribution >= 0.6 is 0 Å². The quantitative estimate of drug-likeness (QED) is 0.270. The van der Waals surface area contributed by atoms with Crippen molar-refractivity contribution in [2.75, 3.05) is 0 Å². The van der Waals surface area contributed by atoms with Gasteiger partial charge in [0.25, 0.3) is 0 Å². The highest BCUT2D eigenvalue weighted by atomic mass is 32.3. The van der Waals surface area contributed by atoms with Gasteiger partial charge in [0.2, 0.25) is 0 Å². The highest BCUT2D eigenvalue weighted by molar-refractivity contribution is 7.80. The zero-order valence-electron chi connectivity index (χ0n) is 4.84. The highest BCUT2D eigenvalue weighted by Crippen LogP contribution is 1.91. The van der Waals surface area contributed by atoms with E-state index in [0.717, 1.165) is 0 Å². The predicted octanol–water partition coefficient (Wildman–Crippen LogP) is -2.63. The summed E-state index contributed by atoms with van der Waals surface area (Å²) in [6.45, 7) is 0. The summed E-state index contributed by atoms with van der Waals surface area (Å²) in [6, 6.07) is 0. The first-order valence-corrected chi connectivity index (χ1v) is 3.54. The van der Waals surface area contributed by atoms with Crippen molar-refractivity contribution >= 4 is 10.4 Å². The fourth-order valence-electron chi connectivity index (χ4n) is 0.197. The summed E-state index contributed by atoms with van der Waals surface area (Å²) in [7, 11) is -4.63. The van der Waals surface area contributed by atoms with Crippen molar-refractivity contribution in [1.82, 2.24) is 0 Å². The molecule has 0 bridgehead atoms. The van der Waals surface area contributed by atoms with Crippen molar-refractivity contribution in [3.63, 3.8) is 0 Å². The van der Waals surface area contributed by atoms with Gasteiger partial charge in [0.15, 0.2) is 6.23 Å². The normalized spacial score (nSPS) is 18.4. The van der Waals surface area contributed by atoms with Gasteiger partial charge in [0, 0.05) is 0 Å². The molecule has 0 aromatic carbocycles. The first-order valence-electron chi connectivity index (χ1n) is 2.18. The first kappa shape index (κ1) is 9.75. The Labute approximate surface area is 57.5 Å². The minimum absolute atomic E-state index is 1.64. The molecule has 0 radical (unpaired) electrons. The van der Waals surface area contributed by atoms with Gasteiger partial charge < -0.3 is 16.6 Å². The zero-order chi connectivity index (χ0) is 8.36. The molecule has 0 spiro atoms. The number of nitrogens with two attached hydrogens (primary N) is 2. The van der Waals surface area contributed by atoms with Crippen molar-refractivity contribution in [3.05, 3.63) is 0 Å². The van der Waals surface area contributed by atoms with Gasteiger partial charge in [0.05, 0.1) is 0 Å². The van der Waals surface area contributed by atoms with Gasteiger partial charge in [-0.2, -0.15) is 8.42 Å². The largest absolute Gasteiger partial charge is 0.399 e. The van der Waals surface area contributed by atoms with Gasteiger partial charge in [-0.05, 0) is 0 Å². The molecule has 0 heterocycles. The summed E-state index contributed by atoms with van der Waals surface area (Å²) in [6.07, 6.45) is -3.29. The summed E-state index contributed by atoms with van der Waals surface area (Å²) in [4.78, 5) is 0. The van der Waals surface area contributed by atoms with E-state index in [2.05, 4.69) is 9.92 Å². The Morgan fingerprint density at radius 2 is 1.80 bits per heavy atom. The second-order valence-corrected chi connectivity index (χ2v) is 2.53. The van der Waals surface area contributed by atoms with Crippen LogP contribution in [0.2, 0.25) is 0 Å². The fourth-order valence-corrected chi connectivity index (χ4v) is 0.592. The minimum atomic E-state index is -4.63. The number of aliphatic hydroxyl groups is 1. The van der Waals surface area contributed by atoms with Crippen molar-refractivity contribution in [2.24, 2.45) is 11.5 Å². The second-order valence-electron chi connectivity index (χ2n) is 1.48.